The Kier molecular flexibility index (Phi) is 6.42. The minimum absolute atomic E-state index is 0.0527. The molecule has 1 aliphatic rings. The number of amides is 2. The summed E-state index contributed by atoms with van der Waals surface area (Å²) in [6.07, 6.45) is 3.39. The number of aryl methyl sites for hydroxylation is 1. The zero-order valence-electron chi connectivity index (χ0n) is 17.9. The van der Waals surface area contributed by atoms with Gasteiger partial charge in [0.2, 0.25) is 0 Å². The van der Waals surface area contributed by atoms with Crippen molar-refractivity contribution in [3.8, 4) is 0 Å². The van der Waals surface area contributed by atoms with Gasteiger partial charge in [0.25, 0.3) is 0 Å². The number of benzene rings is 1. The average Bonchev–Trinajstić information content (AvgIpc) is 2.99. The summed E-state index contributed by atoms with van der Waals surface area (Å²) in [5, 5.41) is 1.27. The lowest BCUT2D eigenvalue weighted by Gasteiger charge is -2.35. The van der Waals surface area contributed by atoms with Crippen molar-refractivity contribution < 1.29 is 19.1 Å². The van der Waals surface area contributed by atoms with Crippen molar-refractivity contribution in [1.29, 1.82) is 0 Å². The fourth-order valence-corrected chi connectivity index (χ4v) is 3.00. The van der Waals surface area contributed by atoms with Gasteiger partial charge in [-0.2, -0.15) is 0 Å². The molecule has 2 rings (SSSR count). The minimum Gasteiger partial charge on any atom is -0.443 e. The molecule has 6 nitrogen and oxygen atoms in total. The first-order valence-electron chi connectivity index (χ1n) is 9.61. The van der Waals surface area contributed by atoms with E-state index in [0.29, 0.717) is 6.42 Å². The predicted molar refractivity (Wildman–Crippen MR) is 109 cm³/mol. The molecule has 1 N–H and O–H groups in total. The summed E-state index contributed by atoms with van der Waals surface area (Å²) >= 11 is 0. The van der Waals surface area contributed by atoms with E-state index in [-0.39, 0.29) is 12.0 Å². The van der Waals surface area contributed by atoms with Gasteiger partial charge in [-0.3, -0.25) is 0 Å². The van der Waals surface area contributed by atoms with E-state index >= 15 is 0 Å². The molecule has 28 heavy (non-hydrogen) atoms. The fraction of sp³-hybridized carbons (Fsp3) is 0.545. The molecule has 0 unspecified atom stereocenters. The van der Waals surface area contributed by atoms with Crippen molar-refractivity contribution in [3.63, 3.8) is 0 Å². The standard InChI is InChI=1S/C22H32N2O4/c1-15-11-13-16(14-12-15)17-9-8-10-18(17)24(20(26)28-22(5,6)7)23-19(25)27-21(2,3)4/h8-9,11-14,17-18H,10H2,1-7H3,(H,23,25)/t17-,18+/m0/s1. The largest absolute Gasteiger partial charge is 0.443 e. The number of rotatable bonds is 2. The van der Waals surface area contributed by atoms with Gasteiger partial charge in [-0.15, -0.1) is 0 Å². The maximum Gasteiger partial charge on any atom is 0.429 e. The van der Waals surface area contributed by atoms with E-state index in [1.807, 2.05) is 37.3 Å². The number of hydrogen-bond acceptors (Lipinski definition) is 4. The Balaban J connectivity index is 2.27. The molecule has 2 atom stereocenters. The number of carbonyl (C=O) groups excluding carboxylic acids is 2. The SMILES string of the molecule is Cc1ccc([C@@H]2C=CC[C@H]2N(NC(=O)OC(C)(C)C)C(=O)OC(C)(C)C)cc1. The average molecular weight is 389 g/mol. The first kappa shape index (κ1) is 21.8. The summed E-state index contributed by atoms with van der Waals surface area (Å²) in [5.74, 6) is -0.0527. The van der Waals surface area contributed by atoms with Crippen molar-refractivity contribution in [3.05, 3.63) is 47.5 Å². The molecule has 2 amide bonds. The van der Waals surface area contributed by atoms with Crippen LogP contribution in [0.2, 0.25) is 0 Å². The van der Waals surface area contributed by atoms with E-state index in [0.717, 1.165) is 11.1 Å². The van der Waals surface area contributed by atoms with Crippen molar-refractivity contribution in [2.24, 2.45) is 0 Å². The Morgan fingerprint density at radius 1 is 1.00 bits per heavy atom. The third kappa shape index (κ3) is 6.29. The van der Waals surface area contributed by atoms with Gasteiger partial charge < -0.3 is 9.47 Å². The van der Waals surface area contributed by atoms with Crippen LogP contribution in [0.15, 0.2) is 36.4 Å². The molecule has 1 aliphatic carbocycles. The molecule has 6 heteroatoms. The van der Waals surface area contributed by atoms with Gasteiger partial charge in [-0.05, 0) is 60.5 Å². The Morgan fingerprint density at radius 3 is 2.11 bits per heavy atom. The number of ether oxygens (including phenoxy) is 2. The fourth-order valence-electron chi connectivity index (χ4n) is 3.00. The van der Waals surface area contributed by atoms with Crippen molar-refractivity contribution in [2.75, 3.05) is 0 Å². The van der Waals surface area contributed by atoms with Gasteiger partial charge in [-0.25, -0.2) is 20.0 Å². The van der Waals surface area contributed by atoms with E-state index in [4.69, 9.17) is 9.47 Å². The van der Waals surface area contributed by atoms with Gasteiger partial charge >= 0.3 is 12.2 Å². The van der Waals surface area contributed by atoms with Crippen LogP contribution in [-0.2, 0) is 9.47 Å². The molecule has 0 bridgehead atoms. The number of hydrazine groups is 1. The molecule has 0 fully saturated rings. The first-order chi connectivity index (χ1) is 12.9. The zero-order valence-corrected chi connectivity index (χ0v) is 17.9. The van der Waals surface area contributed by atoms with Crippen LogP contribution < -0.4 is 5.43 Å². The molecule has 0 spiro atoms. The van der Waals surface area contributed by atoms with Crippen LogP contribution in [-0.4, -0.2) is 34.4 Å². The highest BCUT2D eigenvalue weighted by atomic mass is 16.6. The van der Waals surface area contributed by atoms with Crippen LogP contribution >= 0.6 is 0 Å². The highest BCUT2D eigenvalue weighted by molar-refractivity contribution is 5.75. The van der Waals surface area contributed by atoms with E-state index in [9.17, 15) is 9.59 Å². The lowest BCUT2D eigenvalue weighted by Crippen LogP contribution is -2.55. The van der Waals surface area contributed by atoms with E-state index in [1.165, 1.54) is 5.01 Å². The predicted octanol–water partition coefficient (Wildman–Crippen LogP) is 5.08. The molecule has 154 valence electrons. The van der Waals surface area contributed by atoms with Gasteiger partial charge in [0, 0.05) is 5.92 Å². The number of carbonyl (C=O) groups is 2. The lowest BCUT2D eigenvalue weighted by atomic mass is 9.93. The second-order valence-electron chi connectivity index (χ2n) is 9.13. The Hall–Kier alpha value is -2.50. The summed E-state index contributed by atoms with van der Waals surface area (Å²) in [5.41, 5.74) is 3.49. The number of hydrogen-bond donors (Lipinski definition) is 1. The van der Waals surface area contributed by atoms with E-state index in [1.54, 1.807) is 41.5 Å². The summed E-state index contributed by atoms with van der Waals surface area (Å²) in [7, 11) is 0. The maximum absolute atomic E-state index is 12.9. The highest BCUT2D eigenvalue weighted by Gasteiger charge is 2.37. The van der Waals surface area contributed by atoms with Gasteiger partial charge in [-0.1, -0.05) is 42.0 Å². The Morgan fingerprint density at radius 2 is 1.57 bits per heavy atom. The molecule has 0 saturated heterocycles. The zero-order chi connectivity index (χ0) is 21.1. The smallest absolute Gasteiger partial charge is 0.429 e. The third-order valence-electron chi connectivity index (χ3n) is 4.13. The maximum atomic E-state index is 12.9. The van der Waals surface area contributed by atoms with Gasteiger partial charge in [0.15, 0.2) is 0 Å². The number of nitrogens with zero attached hydrogens (tertiary/aromatic N) is 1. The lowest BCUT2D eigenvalue weighted by molar-refractivity contribution is -0.00999. The van der Waals surface area contributed by atoms with Gasteiger partial charge in [0.05, 0.1) is 6.04 Å². The molecule has 0 aromatic heterocycles. The summed E-state index contributed by atoms with van der Waals surface area (Å²) in [6, 6.07) is 7.87. The minimum atomic E-state index is -0.687. The van der Waals surface area contributed by atoms with E-state index < -0.39 is 23.4 Å². The third-order valence-corrected chi connectivity index (χ3v) is 4.13. The molecule has 0 aliphatic heterocycles. The van der Waals surface area contributed by atoms with Crippen LogP contribution in [0.4, 0.5) is 9.59 Å². The second kappa shape index (κ2) is 8.25. The topological polar surface area (TPSA) is 67.9 Å². The van der Waals surface area contributed by atoms with E-state index in [2.05, 4.69) is 11.5 Å². The quantitative estimate of drug-likeness (QED) is 0.566. The normalized spacial score (nSPS) is 19.2. The molecule has 1 aromatic carbocycles. The molecular formula is C22H32N2O4. The van der Waals surface area contributed by atoms with Crippen molar-refractivity contribution in [1.82, 2.24) is 10.4 Å². The summed E-state index contributed by atoms with van der Waals surface area (Å²) < 4.78 is 10.9. The Labute approximate surface area is 167 Å². The van der Waals surface area contributed by atoms with Crippen LogP contribution in [0.1, 0.15) is 65.0 Å². The van der Waals surface area contributed by atoms with Crippen molar-refractivity contribution >= 4 is 12.2 Å². The van der Waals surface area contributed by atoms with Crippen LogP contribution in [0, 0.1) is 6.92 Å². The summed E-state index contributed by atoms with van der Waals surface area (Å²) in [6.45, 7) is 12.7. The van der Waals surface area contributed by atoms with Crippen LogP contribution in [0.5, 0.6) is 0 Å². The highest BCUT2D eigenvalue weighted by Crippen LogP contribution is 2.33. The number of nitrogens with one attached hydrogen (secondary N) is 1. The monoisotopic (exact) mass is 388 g/mol. The molecule has 0 radical (unpaired) electrons. The molecule has 0 heterocycles. The Bertz CT molecular complexity index is 726. The molecular weight excluding hydrogens is 356 g/mol. The molecule has 1 aromatic rings. The van der Waals surface area contributed by atoms with Crippen LogP contribution in [0.3, 0.4) is 0 Å². The van der Waals surface area contributed by atoms with Crippen molar-refractivity contribution in [2.45, 2.75) is 78.0 Å². The second-order valence-corrected chi connectivity index (χ2v) is 9.13. The first-order valence-corrected chi connectivity index (χ1v) is 9.61. The molecule has 0 saturated carbocycles. The van der Waals surface area contributed by atoms with Gasteiger partial charge in [0.1, 0.15) is 11.2 Å². The van der Waals surface area contributed by atoms with Crippen LogP contribution in [0.25, 0.3) is 0 Å². The summed E-state index contributed by atoms with van der Waals surface area (Å²) in [4.78, 5) is 25.3.